The first-order chi connectivity index (χ1) is 15.8. The fourth-order valence-electron chi connectivity index (χ4n) is 3.09. The molecule has 0 spiro atoms. The van der Waals surface area contributed by atoms with E-state index >= 15 is 0 Å². The summed E-state index contributed by atoms with van der Waals surface area (Å²) in [6.07, 6.45) is 1.74. The summed E-state index contributed by atoms with van der Waals surface area (Å²) in [4.78, 5) is 30.6. The van der Waals surface area contributed by atoms with Crippen molar-refractivity contribution in [2.75, 3.05) is 11.1 Å². The maximum absolute atomic E-state index is 12.8. The molecule has 2 aromatic heterocycles. The first-order valence-corrected chi connectivity index (χ1v) is 12.4. The standard InChI is InChI=1S/C23H28N6O2S2/c1-6-12-29-20(19(14(2)3)26-21(31)17-10-8-7-9-11-17)27-28-23(29)32-13-18(30)25-22-24-15(4)16(5)33-22/h6-11,14,19H,1,12-13H2,2-5H3,(H,26,31)(H,24,25,30)/t19-/m0/s1. The third-order valence-electron chi connectivity index (χ3n) is 4.93. The molecular formula is C23H28N6O2S2. The van der Waals surface area contributed by atoms with Crippen molar-refractivity contribution in [3.8, 4) is 0 Å². The van der Waals surface area contributed by atoms with Crippen LogP contribution in [-0.4, -0.2) is 37.3 Å². The zero-order valence-electron chi connectivity index (χ0n) is 19.2. The maximum Gasteiger partial charge on any atom is 0.251 e. The van der Waals surface area contributed by atoms with Gasteiger partial charge in [-0.25, -0.2) is 4.98 Å². The van der Waals surface area contributed by atoms with Crippen molar-refractivity contribution in [2.24, 2.45) is 5.92 Å². The van der Waals surface area contributed by atoms with Crippen LogP contribution in [0.25, 0.3) is 0 Å². The van der Waals surface area contributed by atoms with Crippen LogP contribution in [-0.2, 0) is 11.3 Å². The van der Waals surface area contributed by atoms with Gasteiger partial charge in [0.25, 0.3) is 5.91 Å². The van der Waals surface area contributed by atoms with Crippen LogP contribution in [0.15, 0.2) is 48.1 Å². The minimum Gasteiger partial charge on any atom is -0.342 e. The number of allylic oxidation sites excluding steroid dienone is 1. The topological polar surface area (TPSA) is 102 Å². The van der Waals surface area contributed by atoms with Gasteiger partial charge in [-0.3, -0.25) is 9.59 Å². The molecule has 1 aromatic carbocycles. The van der Waals surface area contributed by atoms with Crippen molar-refractivity contribution in [3.63, 3.8) is 0 Å². The molecule has 10 heteroatoms. The van der Waals surface area contributed by atoms with Crippen molar-refractivity contribution in [1.29, 1.82) is 0 Å². The number of hydrogen-bond acceptors (Lipinski definition) is 7. The number of benzene rings is 1. The summed E-state index contributed by atoms with van der Waals surface area (Å²) in [5.41, 5.74) is 1.49. The van der Waals surface area contributed by atoms with Gasteiger partial charge in [0.05, 0.1) is 17.5 Å². The summed E-state index contributed by atoms with van der Waals surface area (Å²) in [5, 5.41) is 15.8. The fourth-order valence-corrected chi connectivity index (χ4v) is 4.68. The van der Waals surface area contributed by atoms with E-state index < -0.39 is 0 Å². The molecule has 8 nitrogen and oxygen atoms in total. The van der Waals surface area contributed by atoms with Gasteiger partial charge >= 0.3 is 0 Å². The van der Waals surface area contributed by atoms with Crippen molar-refractivity contribution in [2.45, 2.75) is 45.4 Å². The van der Waals surface area contributed by atoms with Gasteiger partial charge in [0.1, 0.15) is 0 Å². The van der Waals surface area contributed by atoms with E-state index in [9.17, 15) is 9.59 Å². The summed E-state index contributed by atoms with van der Waals surface area (Å²) in [7, 11) is 0. The molecule has 0 unspecified atom stereocenters. The van der Waals surface area contributed by atoms with Crippen LogP contribution in [0.3, 0.4) is 0 Å². The van der Waals surface area contributed by atoms with Crippen molar-refractivity contribution >= 4 is 40.0 Å². The Labute approximate surface area is 201 Å². The highest BCUT2D eigenvalue weighted by atomic mass is 32.2. The van der Waals surface area contributed by atoms with Crippen molar-refractivity contribution < 1.29 is 9.59 Å². The molecule has 3 rings (SSSR count). The van der Waals surface area contributed by atoms with Crippen molar-refractivity contribution in [1.82, 2.24) is 25.1 Å². The third-order valence-corrected chi connectivity index (χ3v) is 6.89. The smallest absolute Gasteiger partial charge is 0.251 e. The van der Waals surface area contributed by atoms with E-state index in [4.69, 9.17) is 0 Å². The molecule has 2 amide bonds. The summed E-state index contributed by atoms with van der Waals surface area (Å²) in [6.45, 7) is 12.2. The number of carbonyl (C=O) groups excluding carboxylic acids is 2. The first kappa shape index (κ1) is 24.7. The molecule has 0 saturated carbocycles. The molecule has 0 bridgehead atoms. The first-order valence-electron chi connectivity index (χ1n) is 10.6. The Morgan fingerprint density at radius 3 is 2.55 bits per heavy atom. The van der Waals surface area contributed by atoms with Gasteiger partial charge in [-0.1, -0.05) is 49.9 Å². The van der Waals surface area contributed by atoms with E-state index in [0.717, 1.165) is 10.6 Å². The van der Waals surface area contributed by atoms with Gasteiger partial charge in [0, 0.05) is 17.0 Å². The summed E-state index contributed by atoms with van der Waals surface area (Å²) in [5.74, 6) is 0.521. The van der Waals surface area contributed by atoms with E-state index in [2.05, 4.69) is 32.4 Å². The average Bonchev–Trinajstić information content (AvgIpc) is 3.32. The number of nitrogens with one attached hydrogen (secondary N) is 2. The van der Waals surface area contributed by atoms with Crippen LogP contribution in [0.2, 0.25) is 0 Å². The number of aryl methyl sites for hydroxylation is 2. The highest BCUT2D eigenvalue weighted by Crippen LogP contribution is 2.26. The number of aromatic nitrogens is 4. The predicted octanol–water partition coefficient (Wildman–Crippen LogP) is 4.40. The van der Waals surface area contributed by atoms with E-state index in [-0.39, 0.29) is 29.5 Å². The van der Waals surface area contributed by atoms with E-state index in [1.165, 1.54) is 23.1 Å². The van der Waals surface area contributed by atoms with Gasteiger partial charge in [-0.2, -0.15) is 0 Å². The Bertz CT molecular complexity index is 1100. The second-order valence-corrected chi connectivity index (χ2v) is 9.94. The lowest BCUT2D eigenvalue weighted by atomic mass is 10.0. The SMILES string of the molecule is C=CCn1c(SCC(=O)Nc2nc(C)c(C)s2)nnc1[C@@H](NC(=O)c1ccccc1)C(C)C. The molecule has 0 aliphatic heterocycles. The molecule has 174 valence electrons. The number of anilines is 1. The monoisotopic (exact) mass is 484 g/mol. The van der Waals surface area contributed by atoms with Crippen LogP contribution in [0, 0.1) is 19.8 Å². The number of hydrogen-bond donors (Lipinski definition) is 2. The number of nitrogens with zero attached hydrogens (tertiary/aromatic N) is 4. The highest BCUT2D eigenvalue weighted by Gasteiger charge is 2.26. The van der Waals surface area contributed by atoms with Crippen LogP contribution in [0.5, 0.6) is 0 Å². The second kappa shape index (κ2) is 11.2. The summed E-state index contributed by atoms with van der Waals surface area (Å²) in [6, 6.07) is 8.71. The van der Waals surface area contributed by atoms with Crippen LogP contribution >= 0.6 is 23.1 Å². The Morgan fingerprint density at radius 2 is 1.94 bits per heavy atom. The zero-order chi connectivity index (χ0) is 24.0. The van der Waals surface area contributed by atoms with Crippen LogP contribution < -0.4 is 10.6 Å². The van der Waals surface area contributed by atoms with E-state index in [1.807, 2.05) is 50.5 Å². The normalized spacial score (nSPS) is 11.9. The average molecular weight is 485 g/mol. The maximum atomic E-state index is 12.8. The third kappa shape index (κ3) is 6.29. The number of thiazole rings is 1. The van der Waals surface area contributed by atoms with Gasteiger partial charge in [0.15, 0.2) is 16.1 Å². The van der Waals surface area contributed by atoms with E-state index in [1.54, 1.807) is 18.2 Å². The minimum atomic E-state index is -0.352. The number of rotatable bonds is 10. The molecule has 33 heavy (non-hydrogen) atoms. The predicted molar refractivity (Wildman–Crippen MR) is 133 cm³/mol. The zero-order valence-corrected chi connectivity index (χ0v) is 20.8. The molecule has 0 radical (unpaired) electrons. The lowest BCUT2D eigenvalue weighted by Crippen LogP contribution is -2.33. The van der Waals surface area contributed by atoms with Gasteiger partial charge in [-0.05, 0) is 31.9 Å². The van der Waals surface area contributed by atoms with E-state index in [0.29, 0.717) is 28.2 Å². The van der Waals surface area contributed by atoms with Gasteiger partial charge < -0.3 is 15.2 Å². The van der Waals surface area contributed by atoms with Gasteiger partial charge in [0.2, 0.25) is 5.91 Å². The Kier molecular flexibility index (Phi) is 8.40. The fraction of sp³-hybridized carbons (Fsp3) is 0.348. The lowest BCUT2D eigenvalue weighted by Gasteiger charge is -2.22. The Balaban J connectivity index is 1.74. The Morgan fingerprint density at radius 1 is 1.21 bits per heavy atom. The van der Waals surface area contributed by atoms with Crippen LogP contribution in [0.1, 0.15) is 46.6 Å². The molecule has 2 heterocycles. The molecule has 3 aromatic rings. The Hall–Kier alpha value is -2.98. The van der Waals surface area contributed by atoms with Gasteiger partial charge in [-0.15, -0.1) is 28.1 Å². The molecule has 0 fully saturated rings. The number of thioether (sulfide) groups is 1. The quantitative estimate of drug-likeness (QED) is 0.327. The molecule has 0 aliphatic rings. The molecule has 0 aliphatic carbocycles. The second-order valence-electron chi connectivity index (χ2n) is 7.80. The number of carbonyl (C=O) groups is 2. The highest BCUT2D eigenvalue weighted by molar-refractivity contribution is 7.99. The van der Waals surface area contributed by atoms with Crippen molar-refractivity contribution in [3.05, 3.63) is 64.9 Å². The molecule has 0 saturated heterocycles. The molecular weight excluding hydrogens is 456 g/mol. The number of amides is 2. The van der Waals surface area contributed by atoms with Crippen LogP contribution in [0.4, 0.5) is 5.13 Å². The minimum absolute atomic E-state index is 0.0722. The summed E-state index contributed by atoms with van der Waals surface area (Å²) >= 11 is 2.74. The lowest BCUT2D eigenvalue weighted by molar-refractivity contribution is -0.113. The molecule has 1 atom stereocenters. The largest absolute Gasteiger partial charge is 0.342 e. The summed E-state index contributed by atoms with van der Waals surface area (Å²) < 4.78 is 1.89. The molecule has 2 N–H and O–H groups in total.